The molecule has 30 heavy (non-hydrogen) atoms. The van der Waals surface area contributed by atoms with Gasteiger partial charge in [0.1, 0.15) is 18.0 Å². The van der Waals surface area contributed by atoms with Crippen molar-refractivity contribution in [1.29, 1.82) is 0 Å². The molecular formula is C23H25FN4O2. The Bertz CT molecular complexity index is 1090. The Balaban J connectivity index is 1.39. The van der Waals surface area contributed by atoms with Crippen molar-refractivity contribution < 1.29 is 14.2 Å². The third kappa shape index (κ3) is 3.26. The number of hydrogen-bond donors (Lipinski definition) is 1. The smallest absolute Gasteiger partial charge is 0.252 e. The van der Waals surface area contributed by atoms with Gasteiger partial charge in [0.15, 0.2) is 5.82 Å². The Hall–Kier alpha value is -2.83. The lowest BCUT2D eigenvalue weighted by Crippen LogP contribution is -2.53. The molecule has 2 saturated carbocycles. The minimum Gasteiger partial charge on any atom is -0.507 e. The number of aromatic hydroxyl groups is 1. The van der Waals surface area contributed by atoms with Crippen molar-refractivity contribution in [2.24, 2.45) is 10.8 Å². The molecule has 0 unspecified atom stereocenters. The summed E-state index contributed by atoms with van der Waals surface area (Å²) >= 11 is 0. The first-order valence-electron chi connectivity index (χ1n) is 10.4. The Morgan fingerprint density at radius 2 is 2.00 bits per heavy atom. The van der Waals surface area contributed by atoms with E-state index in [-0.39, 0.29) is 28.3 Å². The molecular weight excluding hydrogens is 383 g/mol. The van der Waals surface area contributed by atoms with Crippen LogP contribution in [0.4, 0.5) is 4.39 Å². The van der Waals surface area contributed by atoms with E-state index < -0.39 is 12.3 Å². The van der Waals surface area contributed by atoms with E-state index in [1.807, 2.05) is 13.0 Å². The van der Waals surface area contributed by atoms with Gasteiger partial charge in [-0.25, -0.2) is 9.37 Å². The summed E-state index contributed by atoms with van der Waals surface area (Å²) in [6, 6.07) is 5.28. The number of aromatic nitrogens is 4. The summed E-state index contributed by atoms with van der Waals surface area (Å²) in [6.45, 7) is 4.27. The molecule has 1 aromatic carbocycles. The lowest BCUT2D eigenvalue weighted by atomic mass is 9.55. The van der Waals surface area contributed by atoms with Crippen LogP contribution in [0.2, 0.25) is 0 Å². The standard InChI is InChI=1S/C23H25FN4O2/c1-22-5-3-6-23(2,13-22)20(24)18(10-22)30-19-12-26-21(28-27-19)16-8-14-4-7-25-11-15(14)9-17(16)29/h4,7-9,11-12,18,20,29H,3,5-6,10,13H2,1-2H3/t18-,20+,22-,23-/m1/s1. The van der Waals surface area contributed by atoms with Crippen molar-refractivity contribution in [3.05, 3.63) is 36.8 Å². The molecule has 0 amide bonds. The molecule has 2 aliphatic carbocycles. The number of phenols is 1. The average Bonchev–Trinajstić information content (AvgIpc) is 2.72. The van der Waals surface area contributed by atoms with Crippen LogP contribution in [0.15, 0.2) is 36.8 Å². The molecule has 2 aromatic heterocycles. The van der Waals surface area contributed by atoms with Gasteiger partial charge in [-0.05, 0) is 54.7 Å². The van der Waals surface area contributed by atoms with Crippen molar-refractivity contribution in [2.75, 3.05) is 0 Å². The van der Waals surface area contributed by atoms with Gasteiger partial charge in [0.2, 0.25) is 0 Å². The number of rotatable bonds is 3. The zero-order valence-corrected chi connectivity index (χ0v) is 17.2. The van der Waals surface area contributed by atoms with Crippen molar-refractivity contribution >= 4 is 10.8 Å². The lowest BCUT2D eigenvalue weighted by Gasteiger charge is -2.53. The van der Waals surface area contributed by atoms with Gasteiger partial charge in [0.25, 0.3) is 5.88 Å². The quantitative estimate of drug-likeness (QED) is 0.666. The number of benzene rings is 1. The van der Waals surface area contributed by atoms with E-state index in [1.165, 1.54) is 6.20 Å². The van der Waals surface area contributed by atoms with E-state index in [2.05, 4.69) is 27.1 Å². The van der Waals surface area contributed by atoms with E-state index in [0.29, 0.717) is 12.0 Å². The first-order chi connectivity index (χ1) is 14.4. The molecule has 1 N–H and O–H groups in total. The van der Waals surface area contributed by atoms with Crippen molar-refractivity contribution in [3.63, 3.8) is 0 Å². The average molecular weight is 408 g/mol. The Morgan fingerprint density at radius 1 is 1.13 bits per heavy atom. The van der Waals surface area contributed by atoms with Crippen LogP contribution in [-0.4, -0.2) is 37.5 Å². The molecule has 0 spiro atoms. The summed E-state index contributed by atoms with van der Waals surface area (Å²) in [5.74, 6) is 0.550. The second-order valence-electron chi connectivity index (χ2n) is 9.47. The first kappa shape index (κ1) is 19.2. The van der Waals surface area contributed by atoms with Gasteiger partial charge in [0.05, 0.1) is 11.8 Å². The van der Waals surface area contributed by atoms with Crippen LogP contribution in [0.25, 0.3) is 22.2 Å². The normalized spacial score (nSPS) is 30.9. The van der Waals surface area contributed by atoms with Gasteiger partial charge >= 0.3 is 0 Å². The molecule has 2 fully saturated rings. The number of phenolic OH excluding ortho intramolecular Hbond substituents is 1. The predicted octanol–water partition coefficient (Wildman–Crippen LogP) is 4.87. The van der Waals surface area contributed by atoms with E-state index in [0.717, 1.165) is 36.5 Å². The lowest BCUT2D eigenvalue weighted by molar-refractivity contribution is -0.107. The third-order valence-corrected chi connectivity index (χ3v) is 6.85. The third-order valence-electron chi connectivity index (χ3n) is 6.85. The van der Waals surface area contributed by atoms with Gasteiger partial charge < -0.3 is 9.84 Å². The fraction of sp³-hybridized carbons (Fsp3) is 0.478. The number of pyridine rings is 1. The van der Waals surface area contributed by atoms with Gasteiger partial charge in [-0.1, -0.05) is 20.3 Å². The molecule has 7 heteroatoms. The monoisotopic (exact) mass is 408 g/mol. The Labute approximate surface area is 174 Å². The van der Waals surface area contributed by atoms with E-state index >= 15 is 4.39 Å². The molecule has 2 bridgehead atoms. The highest BCUT2D eigenvalue weighted by Crippen LogP contribution is 2.56. The molecule has 2 heterocycles. The minimum absolute atomic E-state index is 0.0516. The van der Waals surface area contributed by atoms with Gasteiger partial charge in [-0.3, -0.25) is 4.98 Å². The summed E-state index contributed by atoms with van der Waals surface area (Å²) in [6.07, 6.45) is 7.89. The van der Waals surface area contributed by atoms with Gasteiger partial charge in [0, 0.05) is 23.2 Å². The highest BCUT2D eigenvalue weighted by Gasteiger charge is 2.54. The highest BCUT2D eigenvalue weighted by molar-refractivity contribution is 5.88. The molecule has 3 aromatic rings. The van der Waals surface area contributed by atoms with E-state index in [9.17, 15) is 5.11 Å². The van der Waals surface area contributed by atoms with Crippen molar-refractivity contribution in [2.45, 2.75) is 58.2 Å². The number of fused-ring (bicyclic) bond motifs is 3. The molecule has 5 rings (SSSR count). The van der Waals surface area contributed by atoms with Crippen LogP contribution in [0, 0.1) is 10.8 Å². The molecule has 4 atom stereocenters. The maximum absolute atomic E-state index is 15.3. The van der Waals surface area contributed by atoms with Gasteiger partial charge in [-0.15, -0.1) is 10.2 Å². The second kappa shape index (κ2) is 6.86. The SMILES string of the molecule is C[C@]12CCC[C@](C)(C1)[C@@H](F)[C@H](Oc1cnc(-c3cc4ccncc4cc3O)nn1)C2. The van der Waals surface area contributed by atoms with Crippen molar-refractivity contribution in [1.82, 2.24) is 20.2 Å². The molecule has 6 nitrogen and oxygen atoms in total. The number of nitrogens with zero attached hydrogens (tertiary/aromatic N) is 4. The maximum Gasteiger partial charge on any atom is 0.252 e. The summed E-state index contributed by atoms with van der Waals surface area (Å²) < 4.78 is 21.2. The first-order valence-corrected chi connectivity index (χ1v) is 10.4. The summed E-state index contributed by atoms with van der Waals surface area (Å²) in [5.41, 5.74) is 0.234. The summed E-state index contributed by atoms with van der Waals surface area (Å²) in [7, 11) is 0. The summed E-state index contributed by atoms with van der Waals surface area (Å²) in [5, 5.41) is 20.3. The molecule has 156 valence electrons. The number of alkyl halides is 1. The zero-order valence-electron chi connectivity index (χ0n) is 17.2. The zero-order chi connectivity index (χ0) is 20.9. The molecule has 0 radical (unpaired) electrons. The van der Waals surface area contributed by atoms with Crippen LogP contribution in [-0.2, 0) is 0 Å². The summed E-state index contributed by atoms with van der Waals surface area (Å²) in [4.78, 5) is 8.38. The molecule has 2 aliphatic rings. The molecule has 0 saturated heterocycles. The number of halogens is 1. The van der Waals surface area contributed by atoms with E-state index in [1.54, 1.807) is 24.5 Å². The number of ether oxygens (including phenoxy) is 1. The Kier molecular flexibility index (Phi) is 4.38. The van der Waals surface area contributed by atoms with Crippen LogP contribution in [0.3, 0.4) is 0 Å². The van der Waals surface area contributed by atoms with E-state index in [4.69, 9.17) is 4.74 Å². The van der Waals surface area contributed by atoms with Gasteiger partial charge in [-0.2, -0.15) is 0 Å². The highest BCUT2D eigenvalue weighted by atomic mass is 19.1. The predicted molar refractivity (Wildman–Crippen MR) is 111 cm³/mol. The van der Waals surface area contributed by atoms with Crippen LogP contribution in [0.5, 0.6) is 11.6 Å². The fourth-order valence-corrected chi connectivity index (χ4v) is 5.52. The fourth-order valence-electron chi connectivity index (χ4n) is 5.52. The van der Waals surface area contributed by atoms with Crippen LogP contribution in [0.1, 0.15) is 46.0 Å². The number of hydrogen-bond acceptors (Lipinski definition) is 6. The second-order valence-corrected chi connectivity index (χ2v) is 9.47. The largest absolute Gasteiger partial charge is 0.507 e. The molecule has 0 aliphatic heterocycles. The topological polar surface area (TPSA) is 81.0 Å². The Morgan fingerprint density at radius 3 is 2.80 bits per heavy atom. The maximum atomic E-state index is 15.3. The van der Waals surface area contributed by atoms with Crippen LogP contribution < -0.4 is 4.74 Å². The minimum atomic E-state index is -1.04. The van der Waals surface area contributed by atoms with Crippen LogP contribution >= 0.6 is 0 Å². The van der Waals surface area contributed by atoms with Crippen molar-refractivity contribution in [3.8, 4) is 23.0 Å².